The molecule has 0 aromatic heterocycles. The molecular formula is C16H31N3. The Hall–Kier alpha value is -0.120. The summed E-state index contributed by atoms with van der Waals surface area (Å²) in [5.74, 6) is 0. The molecule has 3 aliphatic heterocycles. The SMILES string of the molecule is C1CCN(C2CCN(CCCC3CCCN3)C2)CC1. The quantitative estimate of drug-likeness (QED) is 0.821. The molecule has 0 spiro atoms. The first-order valence-corrected chi connectivity index (χ1v) is 8.61. The molecule has 3 saturated heterocycles. The van der Waals surface area contributed by atoms with E-state index in [0.717, 1.165) is 12.1 Å². The van der Waals surface area contributed by atoms with E-state index in [9.17, 15) is 0 Å². The molecule has 19 heavy (non-hydrogen) atoms. The zero-order valence-corrected chi connectivity index (χ0v) is 12.4. The number of hydrogen-bond donors (Lipinski definition) is 1. The molecule has 3 aliphatic rings. The third kappa shape index (κ3) is 3.93. The molecule has 0 amide bonds. The number of hydrogen-bond acceptors (Lipinski definition) is 3. The molecule has 3 heterocycles. The van der Waals surface area contributed by atoms with Crippen LogP contribution in [0.1, 0.15) is 51.4 Å². The summed E-state index contributed by atoms with van der Waals surface area (Å²) in [6.07, 6.45) is 11.3. The minimum absolute atomic E-state index is 0.834. The summed E-state index contributed by atoms with van der Waals surface area (Å²) in [6.45, 7) is 8.01. The van der Waals surface area contributed by atoms with Crippen LogP contribution >= 0.6 is 0 Å². The van der Waals surface area contributed by atoms with Gasteiger partial charge in [0.2, 0.25) is 0 Å². The van der Waals surface area contributed by atoms with Crippen LogP contribution in [0, 0.1) is 0 Å². The average Bonchev–Trinajstić information content (AvgIpc) is 3.11. The van der Waals surface area contributed by atoms with Gasteiger partial charge in [0.25, 0.3) is 0 Å². The zero-order valence-electron chi connectivity index (χ0n) is 12.4. The standard InChI is InChI=1S/C16H31N3/c1-2-11-19(12-3-1)16-8-13-18(14-16)10-5-7-15-6-4-9-17-15/h15-17H,1-14H2. The zero-order chi connectivity index (χ0) is 12.9. The lowest BCUT2D eigenvalue weighted by atomic mass is 10.1. The van der Waals surface area contributed by atoms with Crippen molar-refractivity contribution in [2.45, 2.75) is 63.5 Å². The third-order valence-electron chi connectivity index (χ3n) is 5.34. The van der Waals surface area contributed by atoms with E-state index in [2.05, 4.69) is 15.1 Å². The maximum absolute atomic E-state index is 3.62. The van der Waals surface area contributed by atoms with Gasteiger partial charge in [0.1, 0.15) is 0 Å². The molecule has 0 saturated carbocycles. The van der Waals surface area contributed by atoms with Gasteiger partial charge >= 0.3 is 0 Å². The highest BCUT2D eigenvalue weighted by molar-refractivity contribution is 4.85. The lowest BCUT2D eigenvalue weighted by Crippen LogP contribution is -2.41. The number of piperidine rings is 1. The maximum atomic E-state index is 3.62. The van der Waals surface area contributed by atoms with Gasteiger partial charge < -0.3 is 10.2 Å². The molecule has 2 unspecified atom stereocenters. The Balaban J connectivity index is 1.32. The van der Waals surface area contributed by atoms with E-state index >= 15 is 0 Å². The summed E-state index contributed by atoms with van der Waals surface area (Å²) in [6, 6.07) is 1.71. The van der Waals surface area contributed by atoms with E-state index in [-0.39, 0.29) is 0 Å². The number of rotatable bonds is 5. The van der Waals surface area contributed by atoms with Crippen molar-refractivity contribution in [3.63, 3.8) is 0 Å². The van der Waals surface area contributed by atoms with Crippen LogP contribution in [0.2, 0.25) is 0 Å². The Morgan fingerprint density at radius 2 is 1.84 bits per heavy atom. The summed E-state index contributed by atoms with van der Waals surface area (Å²) in [4.78, 5) is 5.48. The maximum Gasteiger partial charge on any atom is 0.0235 e. The molecule has 3 fully saturated rings. The normalized spacial score (nSPS) is 34.1. The van der Waals surface area contributed by atoms with Gasteiger partial charge in [-0.2, -0.15) is 0 Å². The minimum atomic E-state index is 0.834. The summed E-state index contributed by atoms with van der Waals surface area (Å²) >= 11 is 0. The van der Waals surface area contributed by atoms with Crippen LogP contribution in [0.15, 0.2) is 0 Å². The van der Waals surface area contributed by atoms with E-state index in [0.29, 0.717) is 0 Å². The summed E-state index contributed by atoms with van der Waals surface area (Å²) in [5, 5.41) is 3.62. The Bertz CT molecular complexity index is 257. The second-order valence-electron chi connectivity index (χ2n) is 6.78. The summed E-state index contributed by atoms with van der Waals surface area (Å²) < 4.78 is 0. The first kappa shape index (κ1) is 13.8. The van der Waals surface area contributed by atoms with E-state index in [1.807, 2.05) is 0 Å². The van der Waals surface area contributed by atoms with Gasteiger partial charge in [-0.3, -0.25) is 4.90 Å². The van der Waals surface area contributed by atoms with Gasteiger partial charge in [-0.1, -0.05) is 6.42 Å². The molecule has 0 aliphatic carbocycles. The lowest BCUT2D eigenvalue weighted by Gasteiger charge is -2.32. The molecule has 3 heteroatoms. The van der Waals surface area contributed by atoms with Crippen molar-refractivity contribution < 1.29 is 0 Å². The van der Waals surface area contributed by atoms with Crippen LogP contribution in [0.4, 0.5) is 0 Å². The summed E-state index contributed by atoms with van der Waals surface area (Å²) in [7, 11) is 0. The topological polar surface area (TPSA) is 18.5 Å². The largest absolute Gasteiger partial charge is 0.314 e. The van der Waals surface area contributed by atoms with E-state index in [1.54, 1.807) is 0 Å². The van der Waals surface area contributed by atoms with Crippen molar-refractivity contribution in [2.75, 3.05) is 39.3 Å². The highest BCUT2D eigenvalue weighted by Crippen LogP contribution is 2.20. The van der Waals surface area contributed by atoms with Crippen molar-refractivity contribution in [3.05, 3.63) is 0 Å². The first-order valence-electron chi connectivity index (χ1n) is 8.61. The van der Waals surface area contributed by atoms with Crippen molar-refractivity contribution in [2.24, 2.45) is 0 Å². The molecule has 1 N–H and O–H groups in total. The Kier molecular flexibility index (Phi) is 5.14. The fourth-order valence-electron chi connectivity index (χ4n) is 4.16. The van der Waals surface area contributed by atoms with Gasteiger partial charge in [0.05, 0.1) is 0 Å². The van der Waals surface area contributed by atoms with Crippen molar-refractivity contribution in [3.8, 4) is 0 Å². The number of likely N-dealkylation sites (tertiary alicyclic amines) is 2. The van der Waals surface area contributed by atoms with Crippen molar-refractivity contribution in [1.82, 2.24) is 15.1 Å². The van der Waals surface area contributed by atoms with Crippen LogP contribution in [0.3, 0.4) is 0 Å². The Morgan fingerprint density at radius 1 is 0.947 bits per heavy atom. The minimum Gasteiger partial charge on any atom is -0.314 e. The fraction of sp³-hybridized carbons (Fsp3) is 1.00. The second kappa shape index (κ2) is 7.05. The van der Waals surface area contributed by atoms with Crippen LogP contribution in [-0.2, 0) is 0 Å². The molecule has 0 bridgehead atoms. The monoisotopic (exact) mass is 265 g/mol. The van der Waals surface area contributed by atoms with Gasteiger partial charge in [0, 0.05) is 18.6 Å². The van der Waals surface area contributed by atoms with Gasteiger partial charge in [-0.05, 0) is 77.7 Å². The number of nitrogens with zero attached hydrogens (tertiary/aromatic N) is 2. The smallest absolute Gasteiger partial charge is 0.0235 e. The Morgan fingerprint density at radius 3 is 2.63 bits per heavy atom. The predicted octanol–water partition coefficient (Wildman–Crippen LogP) is 2.08. The van der Waals surface area contributed by atoms with E-state index < -0.39 is 0 Å². The van der Waals surface area contributed by atoms with E-state index in [1.165, 1.54) is 90.6 Å². The molecule has 110 valence electrons. The molecular weight excluding hydrogens is 234 g/mol. The van der Waals surface area contributed by atoms with Gasteiger partial charge in [-0.15, -0.1) is 0 Å². The third-order valence-corrected chi connectivity index (χ3v) is 5.34. The molecule has 0 aromatic rings. The van der Waals surface area contributed by atoms with Crippen molar-refractivity contribution in [1.29, 1.82) is 0 Å². The van der Waals surface area contributed by atoms with Crippen LogP contribution < -0.4 is 5.32 Å². The summed E-state index contributed by atoms with van der Waals surface area (Å²) in [5.41, 5.74) is 0. The number of nitrogens with one attached hydrogen (secondary N) is 1. The fourth-order valence-corrected chi connectivity index (χ4v) is 4.16. The van der Waals surface area contributed by atoms with Gasteiger partial charge in [-0.25, -0.2) is 0 Å². The molecule has 3 rings (SSSR count). The van der Waals surface area contributed by atoms with Gasteiger partial charge in [0.15, 0.2) is 0 Å². The van der Waals surface area contributed by atoms with Crippen LogP contribution in [-0.4, -0.2) is 61.2 Å². The molecule has 3 nitrogen and oxygen atoms in total. The lowest BCUT2D eigenvalue weighted by molar-refractivity contribution is 0.161. The van der Waals surface area contributed by atoms with Crippen LogP contribution in [0.5, 0.6) is 0 Å². The molecule has 0 aromatic carbocycles. The predicted molar refractivity (Wildman–Crippen MR) is 80.5 cm³/mol. The first-order chi connectivity index (χ1) is 9.42. The highest BCUT2D eigenvalue weighted by atomic mass is 15.3. The molecule has 0 radical (unpaired) electrons. The van der Waals surface area contributed by atoms with Crippen LogP contribution in [0.25, 0.3) is 0 Å². The highest BCUT2D eigenvalue weighted by Gasteiger charge is 2.28. The Labute approximate surface area is 118 Å². The molecule has 2 atom stereocenters. The van der Waals surface area contributed by atoms with Crippen molar-refractivity contribution >= 4 is 0 Å². The average molecular weight is 265 g/mol. The van der Waals surface area contributed by atoms with E-state index in [4.69, 9.17) is 0 Å². The second-order valence-corrected chi connectivity index (χ2v) is 6.78.